The van der Waals surface area contributed by atoms with E-state index in [4.69, 9.17) is 5.11 Å². The average molecular weight is 262 g/mol. The van der Waals surface area contributed by atoms with E-state index < -0.39 is 6.09 Å². The Bertz CT molecular complexity index is 400. The van der Waals surface area contributed by atoms with Crippen molar-refractivity contribution in [2.75, 3.05) is 26.7 Å². The van der Waals surface area contributed by atoms with Gasteiger partial charge in [0, 0.05) is 26.2 Å². The molecule has 2 rings (SSSR count). The maximum atomic E-state index is 10.8. The molecule has 19 heavy (non-hydrogen) atoms. The molecule has 0 aromatic heterocycles. The molecule has 0 bridgehead atoms. The predicted molar refractivity (Wildman–Crippen MR) is 75.1 cm³/mol. The van der Waals surface area contributed by atoms with Crippen molar-refractivity contribution in [3.63, 3.8) is 0 Å². The number of likely N-dealkylation sites (tertiary alicyclic amines) is 1. The van der Waals surface area contributed by atoms with Crippen molar-refractivity contribution in [1.82, 2.24) is 9.80 Å². The molecule has 4 nitrogen and oxygen atoms in total. The van der Waals surface area contributed by atoms with E-state index in [-0.39, 0.29) is 0 Å². The fourth-order valence-electron chi connectivity index (χ4n) is 2.71. The lowest BCUT2D eigenvalue weighted by Gasteiger charge is -2.32. The van der Waals surface area contributed by atoms with E-state index in [1.165, 1.54) is 10.5 Å². The minimum Gasteiger partial charge on any atom is -0.465 e. The fourth-order valence-corrected chi connectivity index (χ4v) is 2.71. The molecule has 0 spiro atoms. The molecule has 1 aromatic rings. The normalized spacial score (nSPS) is 16.8. The minimum atomic E-state index is -0.781. The Balaban J connectivity index is 1.75. The van der Waals surface area contributed by atoms with Gasteiger partial charge in [-0.2, -0.15) is 0 Å². The van der Waals surface area contributed by atoms with E-state index in [1.807, 2.05) is 6.07 Å². The van der Waals surface area contributed by atoms with Gasteiger partial charge in [0.25, 0.3) is 0 Å². The van der Waals surface area contributed by atoms with Crippen molar-refractivity contribution in [3.8, 4) is 0 Å². The van der Waals surface area contributed by atoms with Crippen molar-refractivity contribution in [1.29, 1.82) is 0 Å². The minimum absolute atomic E-state index is 0.615. The number of rotatable bonds is 4. The molecule has 1 aromatic carbocycles. The topological polar surface area (TPSA) is 43.8 Å². The molecule has 0 unspecified atom stereocenters. The van der Waals surface area contributed by atoms with Gasteiger partial charge in [0.15, 0.2) is 0 Å². The van der Waals surface area contributed by atoms with Crippen LogP contribution in [0.3, 0.4) is 0 Å². The third-order valence-electron chi connectivity index (χ3n) is 3.75. The summed E-state index contributed by atoms with van der Waals surface area (Å²) in [4.78, 5) is 14.7. The number of amides is 1. The first-order chi connectivity index (χ1) is 9.15. The first-order valence-corrected chi connectivity index (χ1v) is 6.85. The second-order valence-electron chi connectivity index (χ2n) is 5.40. The number of hydrogen-bond donors (Lipinski definition) is 1. The summed E-state index contributed by atoms with van der Waals surface area (Å²) in [6.45, 7) is 3.36. The van der Waals surface area contributed by atoms with Crippen LogP contribution in [0.5, 0.6) is 0 Å². The summed E-state index contributed by atoms with van der Waals surface area (Å²) in [5, 5.41) is 8.92. The highest BCUT2D eigenvalue weighted by atomic mass is 16.4. The Kier molecular flexibility index (Phi) is 4.80. The van der Waals surface area contributed by atoms with Gasteiger partial charge in [-0.25, -0.2) is 4.79 Å². The van der Waals surface area contributed by atoms with Crippen molar-refractivity contribution in [2.45, 2.75) is 19.4 Å². The third kappa shape index (κ3) is 4.24. The van der Waals surface area contributed by atoms with Crippen LogP contribution >= 0.6 is 0 Å². The van der Waals surface area contributed by atoms with Crippen LogP contribution in [0.1, 0.15) is 18.4 Å². The van der Waals surface area contributed by atoms with Crippen molar-refractivity contribution in [3.05, 3.63) is 35.9 Å². The molecular weight excluding hydrogens is 240 g/mol. The maximum absolute atomic E-state index is 10.8. The number of carboxylic acid groups (broad SMARTS) is 1. The van der Waals surface area contributed by atoms with E-state index in [0.29, 0.717) is 19.0 Å². The van der Waals surface area contributed by atoms with Gasteiger partial charge in [0.05, 0.1) is 0 Å². The average Bonchev–Trinajstić information content (AvgIpc) is 2.40. The fraction of sp³-hybridized carbons (Fsp3) is 0.533. The highest BCUT2D eigenvalue weighted by Gasteiger charge is 2.22. The smallest absolute Gasteiger partial charge is 0.407 e. The quantitative estimate of drug-likeness (QED) is 0.906. The number of nitrogens with zero attached hydrogens (tertiary/aromatic N) is 2. The Labute approximate surface area is 114 Å². The Morgan fingerprint density at radius 3 is 2.53 bits per heavy atom. The third-order valence-corrected chi connectivity index (χ3v) is 3.75. The first-order valence-electron chi connectivity index (χ1n) is 6.85. The molecular formula is C15H22N2O2. The molecule has 1 aliphatic heterocycles. The highest BCUT2D eigenvalue weighted by molar-refractivity contribution is 5.64. The molecule has 0 radical (unpaired) electrons. The van der Waals surface area contributed by atoms with E-state index >= 15 is 0 Å². The second kappa shape index (κ2) is 6.57. The van der Waals surface area contributed by atoms with Crippen LogP contribution in [-0.2, 0) is 6.54 Å². The van der Waals surface area contributed by atoms with Gasteiger partial charge < -0.3 is 14.9 Å². The molecule has 104 valence electrons. The van der Waals surface area contributed by atoms with Crippen LogP contribution in [0.4, 0.5) is 4.79 Å². The summed E-state index contributed by atoms with van der Waals surface area (Å²) in [6.07, 6.45) is 1.17. The zero-order chi connectivity index (χ0) is 13.7. The van der Waals surface area contributed by atoms with Crippen molar-refractivity contribution in [2.24, 2.45) is 5.92 Å². The summed E-state index contributed by atoms with van der Waals surface area (Å²) < 4.78 is 0. The number of piperidine rings is 1. The van der Waals surface area contributed by atoms with Crippen molar-refractivity contribution >= 4 is 6.09 Å². The number of hydrogen-bond acceptors (Lipinski definition) is 2. The molecule has 0 atom stereocenters. The SMILES string of the molecule is CN(Cc1ccccc1)CC1CCN(C(=O)O)CC1. The van der Waals surface area contributed by atoms with E-state index in [0.717, 1.165) is 25.9 Å². The summed E-state index contributed by atoms with van der Waals surface area (Å²) in [5.74, 6) is 0.615. The summed E-state index contributed by atoms with van der Waals surface area (Å²) in [5.41, 5.74) is 1.33. The Morgan fingerprint density at radius 1 is 1.32 bits per heavy atom. The van der Waals surface area contributed by atoms with Gasteiger partial charge in [0.1, 0.15) is 0 Å². The predicted octanol–water partition coefficient (Wildman–Crippen LogP) is 2.51. The van der Waals surface area contributed by atoms with Crippen LogP contribution in [0.2, 0.25) is 0 Å². The second-order valence-corrected chi connectivity index (χ2v) is 5.40. The van der Waals surface area contributed by atoms with E-state index in [9.17, 15) is 4.79 Å². The summed E-state index contributed by atoms with van der Waals surface area (Å²) in [6, 6.07) is 10.4. The molecule has 1 aliphatic rings. The van der Waals surface area contributed by atoms with Gasteiger partial charge >= 0.3 is 6.09 Å². The van der Waals surface area contributed by atoms with Gasteiger partial charge in [-0.3, -0.25) is 0 Å². The lowest BCUT2D eigenvalue weighted by Crippen LogP contribution is -2.40. The monoisotopic (exact) mass is 262 g/mol. The van der Waals surface area contributed by atoms with Gasteiger partial charge in [-0.05, 0) is 31.4 Å². The highest BCUT2D eigenvalue weighted by Crippen LogP contribution is 2.18. The maximum Gasteiger partial charge on any atom is 0.407 e. The zero-order valence-electron chi connectivity index (χ0n) is 11.5. The van der Waals surface area contributed by atoms with E-state index in [1.54, 1.807) is 0 Å². The standard InChI is InChI=1S/C15H22N2O2/c1-16(11-13-5-3-2-4-6-13)12-14-7-9-17(10-8-14)15(18)19/h2-6,14H,7-12H2,1H3,(H,18,19). The van der Waals surface area contributed by atoms with Crippen molar-refractivity contribution < 1.29 is 9.90 Å². The van der Waals surface area contributed by atoms with Gasteiger partial charge in [0.2, 0.25) is 0 Å². The molecule has 4 heteroatoms. The molecule has 0 aliphatic carbocycles. The molecule has 1 heterocycles. The van der Waals surface area contributed by atoms with Crippen LogP contribution in [-0.4, -0.2) is 47.7 Å². The van der Waals surface area contributed by atoms with Gasteiger partial charge in [-0.15, -0.1) is 0 Å². The zero-order valence-corrected chi connectivity index (χ0v) is 11.5. The van der Waals surface area contributed by atoms with E-state index in [2.05, 4.69) is 36.2 Å². The Hall–Kier alpha value is -1.55. The summed E-state index contributed by atoms with van der Waals surface area (Å²) >= 11 is 0. The molecule has 1 saturated heterocycles. The molecule has 0 saturated carbocycles. The van der Waals surface area contributed by atoms with Crippen LogP contribution < -0.4 is 0 Å². The molecule has 1 amide bonds. The first kappa shape index (κ1) is 13.9. The largest absolute Gasteiger partial charge is 0.465 e. The van der Waals surface area contributed by atoms with Crippen LogP contribution in [0.25, 0.3) is 0 Å². The number of benzene rings is 1. The molecule has 1 fully saturated rings. The lowest BCUT2D eigenvalue weighted by molar-refractivity contribution is 0.116. The Morgan fingerprint density at radius 2 is 1.95 bits per heavy atom. The lowest BCUT2D eigenvalue weighted by atomic mass is 9.96. The molecule has 1 N–H and O–H groups in total. The van der Waals surface area contributed by atoms with Crippen LogP contribution in [0.15, 0.2) is 30.3 Å². The number of carbonyl (C=O) groups is 1. The van der Waals surface area contributed by atoms with Crippen LogP contribution in [0, 0.1) is 5.92 Å². The summed E-state index contributed by atoms with van der Waals surface area (Å²) in [7, 11) is 2.14. The van der Waals surface area contributed by atoms with Gasteiger partial charge in [-0.1, -0.05) is 30.3 Å².